The second kappa shape index (κ2) is 8.41. The predicted octanol–water partition coefficient (Wildman–Crippen LogP) is 4.19. The maximum atomic E-state index is 13.7. The summed E-state index contributed by atoms with van der Waals surface area (Å²) in [4.78, 5) is 15.6. The monoisotopic (exact) mass is 424 g/mol. The van der Waals surface area contributed by atoms with E-state index in [0.29, 0.717) is 23.7 Å². The highest BCUT2D eigenvalue weighted by molar-refractivity contribution is 5.99. The number of ether oxygens (including phenoxy) is 4. The lowest BCUT2D eigenvalue weighted by atomic mass is 10.0. The second-order valence-electron chi connectivity index (χ2n) is 7.62. The van der Waals surface area contributed by atoms with Gasteiger partial charge in [0.05, 0.1) is 40.0 Å². The summed E-state index contributed by atoms with van der Waals surface area (Å²) in [6.45, 7) is 0.692. The molecular weight excluding hydrogens is 396 g/mol. The highest BCUT2D eigenvalue weighted by atomic mass is 16.5. The minimum Gasteiger partial charge on any atom is -0.497 e. The summed E-state index contributed by atoms with van der Waals surface area (Å²) in [5, 5.41) is 0.929. The first kappa shape index (κ1) is 20.9. The molecule has 0 saturated carbocycles. The predicted molar refractivity (Wildman–Crippen MR) is 119 cm³/mol. The lowest BCUT2D eigenvalue weighted by molar-refractivity contribution is 0.0724. The molecule has 1 aromatic heterocycles. The van der Waals surface area contributed by atoms with E-state index in [-0.39, 0.29) is 11.9 Å². The second-order valence-corrected chi connectivity index (χ2v) is 7.62. The molecule has 0 N–H and O–H groups in total. The van der Waals surface area contributed by atoms with Crippen molar-refractivity contribution >= 4 is 16.8 Å². The summed E-state index contributed by atoms with van der Waals surface area (Å²) in [5.41, 5.74) is 2.50. The number of methoxy groups -OCH3 is 4. The van der Waals surface area contributed by atoms with Crippen LogP contribution in [0.1, 0.15) is 34.9 Å². The van der Waals surface area contributed by atoms with Gasteiger partial charge in [-0.05, 0) is 43.2 Å². The molecule has 4 rings (SSSR count). The molecular formula is C24H28N2O5. The topological polar surface area (TPSA) is 62.2 Å². The highest BCUT2D eigenvalue weighted by Crippen LogP contribution is 2.40. The summed E-state index contributed by atoms with van der Waals surface area (Å²) >= 11 is 0. The standard InChI is InChI=1S/C24H28N2O5/c1-25-19-14-23(31-5)22(30-4)12-15(19)11-20(25)24(27)26-10-6-7-18(26)17-13-16(28-2)8-9-21(17)29-3/h8-9,11-14,18H,6-7,10H2,1-5H3/t18-/m0/s1. The number of rotatable bonds is 6. The third-order valence-corrected chi connectivity index (χ3v) is 6.08. The van der Waals surface area contributed by atoms with Crippen molar-refractivity contribution in [3.05, 3.63) is 47.7 Å². The van der Waals surface area contributed by atoms with Crippen LogP contribution >= 0.6 is 0 Å². The van der Waals surface area contributed by atoms with E-state index in [1.807, 2.05) is 52.9 Å². The first-order valence-corrected chi connectivity index (χ1v) is 10.3. The molecule has 1 aliphatic heterocycles. The Morgan fingerprint density at radius 2 is 1.61 bits per heavy atom. The zero-order chi connectivity index (χ0) is 22.1. The minimum absolute atomic E-state index is 0.0102. The first-order valence-electron chi connectivity index (χ1n) is 10.3. The fraction of sp³-hybridized carbons (Fsp3) is 0.375. The zero-order valence-electron chi connectivity index (χ0n) is 18.6. The number of amides is 1. The van der Waals surface area contributed by atoms with E-state index in [0.717, 1.165) is 40.8 Å². The smallest absolute Gasteiger partial charge is 0.271 e. The lowest BCUT2D eigenvalue weighted by Gasteiger charge is -2.27. The van der Waals surface area contributed by atoms with Gasteiger partial charge in [-0.25, -0.2) is 0 Å². The van der Waals surface area contributed by atoms with Gasteiger partial charge in [-0.1, -0.05) is 0 Å². The van der Waals surface area contributed by atoms with Crippen molar-refractivity contribution < 1.29 is 23.7 Å². The van der Waals surface area contributed by atoms with Crippen LogP contribution in [0.3, 0.4) is 0 Å². The van der Waals surface area contributed by atoms with E-state index >= 15 is 0 Å². The van der Waals surface area contributed by atoms with E-state index in [1.165, 1.54) is 0 Å². The SMILES string of the molecule is COc1ccc(OC)c([C@@H]2CCCN2C(=O)c2cc3cc(OC)c(OC)cc3n2C)c1. The van der Waals surface area contributed by atoms with Crippen molar-refractivity contribution in [1.29, 1.82) is 0 Å². The van der Waals surface area contributed by atoms with Crippen LogP contribution in [0.15, 0.2) is 36.4 Å². The van der Waals surface area contributed by atoms with Crippen LogP contribution in [-0.4, -0.2) is 50.4 Å². The molecule has 2 heterocycles. The molecule has 2 aromatic carbocycles. The van der Waals surface area contributed by atoms with Gasteiger partial charge >= 0.3 is 0 Å². The van der Waals surface area contributed by atoms with E-state index in [1.54, 1.807) is 28.4 Å². The lowest BCUT2D eigenvalue weighted by Crippen LogP contribution is -2.32. The van der Waals surface area contributed by atoms with Gasteiger partial charge in [0.2, 0.25) is 0 Å². The quantitative estimate of drug-likeness (QED) is 0.594. The number of carbonyl (C=O) groups excluding carboxylic acids is 1. The van der Waals surface area contributed by atoms with Crippen LogP contribution in [0.5, 0.6) is 23.0 Å². The fourth-order valence-corrected chi connectivity index (χ4v) is 4.45. The van der Waals surface area contributed by atoms with Crippen LogP contribution in [0.2, 0.25) is 0 Å². The number of benzene rings is 2. The Morgan fingerprint density at radius 3 is 2.29 bits per heavy atom. The van der Waals surface area contributed by atoms with E-state index in [4.69, 9.17) is 18.9 Å². The van der Waals surface area contributed by atoms with Crippen molar-refractivity contribution in [2.75, 3.05) is 35.0 Å². The molecule has 7 nitrogen and oxygen atoms in total. The average Bonchev–Trinajstić information content (AvgIpc) is 3.42. The van der Waals surface area contributed by atoms with Crippen molar-refractivity contribution in [2.24, 2.45) is 7.05 Å². The Balaban J connectivity index is 1.74. The molecule has 0 spiro atoms. The number of likely N-dealkylation sites (tertiary alicyclic amines) is 1. The number of hydrogen-bond acceptors (Lipinski definition) is 5. The third kappa shape index (κ3) is 3.54. The Bertz CT molecular complexity index is 1120. The van der Waals surface area contributed by atoms with Gasteiger partial charge in [0.25, 0.3) is 5.91 Å². The number of nitrogens with zero attached hydrogens (tertiary/aromatic N) is 2. The van der Waals surface area contributed by atoms with Gasteiger partial charge in [-0.3, -0.25) is 4.79 Å². The van der Waals surface area contributed by atoms with Gasteiger partial charge in [0.1, 0.15) is 17.2 Å². The molecule has 1 saturated heterocycles. The van der Waals surface area contributed by atoms with Crippen molar-refractivity contribution in [3.63, 3.8) is 0 Å². The fourth-order valence-electron chi connectivity index (χ4n) is 4.45. The van der Waals surface area contributed by atoms with Crippen LogP contribution in [0.25, 0.3) is 10.9 Å². The van der Waals surface area contributed by atoms with E-state index < -0.39 is 0 Å². The molecule has 0 aliphatic carbocycles. The van der Waals surface area contributed by atoms with Crippen molar-refractivity contribution in [1.82, 2.24) is 9.47 Å². The van der Waals surface area contributed by atoms with Gasteiger partial charge in [-0.2, -0.15) is 0 Å². The molecule has 164 valence electrons. The van der Waals surface area contributed by atoms with Gasteiger partial charge in [-0.15, -0.1) is 0 Å². The molecule has 7 heteroatoms. The summed E-state index contributed by atoms with van der Waals surface area (Å²) < 4.78 is 23.8. The van der Waals surface area contributed by atoms with Gasteiger partial charge in [0.15, 0.2) is 11.5 Å². The maximum Gasteiger partial charge on any atom is 0.271 e. The number of fused-ring (bicyclic) bond motifs is 1. The summed E-state index contributed by atoms with van der Waals surface area (Å²) in [5.74, 6) is 2.77. The summed E-state index contributed by atoms with van der Waals surface area (Å²) in [6, 6.07) is 11.4. The van der Waals surface area contributed by atoms with Gasteiger partial charge in [0, 0.05) is 30.6 Å². The molecule has 0 radical (unpaired) electrons. The Hall–Kier alpha value is -3.35. The largest absolute Gasteiger partial charge is 0.497 e. The van der Waals surface area contributed by atoms with Crippen molar-refractivity contribution in [3.8, 4) is 23.0 Å². The average molecular weight is 424 g/mol. The van der Waals surface area contributed by atoms with Gasteiger partial charge < -0.3 is 28.4 Å². The summed E-state index contributed by atoms with van der Waals surface area (Å²) in [7, 11) is 8.40. The molecule has 1 aliphatic rings. The van der Waals surface area contributed by atoms with Crippen LogP contribution < -0.4 is 18.9 Å². The molecule has 1 amide bonds. The normalized spacial score (nSPS) is 15.9. The Kier molecular flexibility index (Phi) is 5.67. The summed E-state index contributed by atoms with van der Waals surface area (Å²) in [6.07, 6.45) is 1.81. The van der Waals surface area contributed by atoms with Crippen molar-refractivity contribution in [2.45, 2.75) is 18.9 Å². The number of aryl methyl sites for hydroxylation is 1. The third-order valence-electron chi connectivity index (χ3n) is 6.08. The molecule has 1 atom stereocenters. The first-order chi connectivity index (χ1) is 15.0. The molecule has 1 fully saturated rings. The van der Waals surface area contributed by atoms with E-state index in [2.05, 4.69) is 0 Å². The van der Waals surface area contributed by atoms with Crippen LogP contribution in [-0.2, 0) is 7.05 Å². The van der Waals surface area contributed by atoms with Crippen LogP contribution in [0, 0.1) is 0 Å². The minimum atomic E-state index is -0.0698. The Morgan fingerprint density at radius 1 is 0.903 bits per heavy atom. The Labute approximate surface area is 182 Å². The molecule has 0 bridgehead atoms. The molecule has 0 unspecified atom stereocenters. The van der Waals surface area contributed by atoms with E-state index in [9.17, 15) is 4.79 Å². The van der Waals surface area contributed by atoms with Crippen LogP contribution in [0.4, 0.5) is 0 Å². The number of carbonyl (C=O) groups is 1. The maximum absolute atomic E-state index is 13.7. The number of hydrogen-bond donors (Lipinski definition) is 0. The number of aromatic nitrogens is 1. The molecule has 31 heavy (non-hydrogen) atoms. The molecule has 3 aromatic rings. The zero-order valence-corrected chi connectivity index (χ0v) is 18.6. The highest BCUT2D eigenvalue weighted by Gasteiger charge is 2.34.